The molecular formula is C16H26N2O2S. The third-order valence-corrected chi connectivity index (χ3v) is 5.22. The maximum Gasteiger partial charge on any atom is 0.177 e. The van der Waals surface area contributed by atoms with Crippen molar-refractivity contribution in [2.24, 2.45) is 5.92 Å². The molecule has 1 aliphatic heterocycles. The highest BCUT2D eigenvalue weighted by Gasteiger charge is 2.23. The molecule has 0 saturated carbocycles. The summed E-state index contributed by atoms with van der Waals surface area (Å²) < 4.78 is 23.8. The highest BCUT2D eigenvalue weighted by molar-refractivity contribution is 7.90. The number of sulfone groups is 1. The third-order valence-electron chi connectivity index (χ3n) is 4.08. The van der Waals surface area contributed by atoms with Crippen molar-refractivity contribution in [1.29, 1.82) is 0 Å². The number of piperidine rings is 1. The molecule has 0 aromatic heterocycles. The molecule has 1 aromatic rings. The second-order valence-corrected chi connectivity index (χ2v) is 7.86. The number of anilines is 1. The fraction of sp³-hybridized carbons (Fsp3) is 0.625. The van der Waals surface area contributed by atoms with Crippen LogP contribution in [-0.2, 0) is 9.84 Å². The van der Waals surface area contributed by atoms with Gasteiger partial charge in [0.2, 0.25) is 0 Å². The largest absolute Gasteiger partial charge is 0.370 e. The molecule has 0 radical (unpaired) electrons. The van der Waals surface area contributed by atoms with E-state index in [9.17, 15) is 8.42 Å². The number of hydrogen-bond acceptors (Lipinski definition) is 4. The lowest BCUT2D eigenvalue weighted by molar-refractivity contribution is 0.383. The minimum atomic E-state index is -3.17. The van der Waals surface area contributed by atoms with Gasteiger partial charge in [-0.05, 0) is 50.4 Å². The summed E-state index contributed by atoms with van der Waals surface area (Å²) in [6.45, 7) is 6.21. The molecule has 5 heteroatoms. The maximum absolute atomic E-state index is 11.9. The quantitative estimate of drug-likeness (QED) is 0.819. The van der Waals surface area contributed by atoms with Crippen molar-refractivity contribution in [3.63, 3.8) is 0 Å². The van der Waals surface area contributed by atoms with E-state index in [1.807, 2.05) is 12.1 Å². The first-order valence-electron chi connectivity index (χ1n) is 7.77. The van der Waals surface area contributed by atoms with Gasteiger partial charge in [0, 0.05) is 19.3 Å². The van der Waals surface area contributed by atoms with Crippen LogP contribution >= 0.6 is 0 Å². The van der Waals surface area contributed by atoms with Crippen molar-refractivity contribution >= 4 is 15.5 Å². The number of rotatable bonds is 6. The topological polar surface area (TPSA) is 49.4 Å². The van der Waals surface area contributed by atoms with Gasteiger partial charge in [-0.3, -0.25) is 0 Å². The SMILES string of the molecule is CCCNCC1CCN(c2ccccc2S(C)(=O)=O)CC1. The van der Waals surface area contributed by atoms with Crippen molar-refractivity contribution in [3.8, 4) is 0 Å². The van der Waals surface area contributed by atoms with Crippen molar-refractivity contribution in [1.82, 2.24) is 5.32 Å². The Kier molecular flexibility index (Phi) is 5.65. The van der Waals surface area contributed by atoms with E-state index >= 15 is 0 Å². The van der Waals surface area contributed by atoms with Crippen LogP contribution < -0.4 is 10.2 Å². The summed E-state index contributed by atoms with van der Waals surface area (Å²) in [5.74, 6) is 0.707. The third kappa shape index (κ3) is 4.45. The van der Waals surface area contributed by atoms with Crippen molar-refractivity contribution < 1.29 is 8.42 Å². The van der Waals surface area contributed by atoms with Gasteiger partial charge in [0.05, 0.1) is 10.6 Å². The second-order valence-electron chi connectivity index (χ2n) is 5.87. The normalized spacial score (nSPS) is 17.1. The average Bonchev–Trinajstić information content (AvgIpc) is 2.47. The van der Waals surface area contributed by atoms with E-state index in [1.165, 1.54) is 12.7 Å². The Labute approximate surface area is 128 Å². The molecule has 1 aliphatic rings. The summed E-state index contributed by atoms with van der Waals surface area (Å²) in [5, 5.41) is 3.48. The summed E-state index contributed by atoms with van der Waals surface area (Å²) in [4.78, 5) is 2.67. The van der Waals surface area contributed by atoms with E-state index < -0.39 is 9.84 Å². The predicted molar refractivity (Wildman–Crippen MR) is 87.6 cm³/mol. The monoisotopic (exact) mass is 310 g/mol. The molecule has 0 atom stereocenters. The van der Waals surface area contributed by atoms with Crippen LogP contribution in [0.25, 0.3) is 0 Å². The zero-order valence-electron chi connectivity index (χ0n) is 13.0. The fourth-order valence-electron chi connectivity index (χ4n) is 2.89. The molecular weight excluding hydrogens is 284 g/mol. The Bertz CT molecular complexity index is 549. The first-order chi connectivity index (χ1) is 10.0. The minimum absolute atomic E-state index is 0.451. The van der Waals surface area contributed by atoms with Gasteiger partial charge in [-0.15, -0.1) is 0 Å². The summed E-state index contributed by atoms with van der Waals surface area (Å²) in [5.41, 5.74) is 0.861. The molecule has 1 fully saturated rings. The van der Waals surface area contributed by atoms with Gasteiger partial charge >= 0.3 is 0 Å². The van der Waals surface area contributed by atoms with E-state index in [2.05, 4.69) is 17.1 Å². The maximum atomic E-state index is 11.9. The van der Waals surface area contributed by atoms with Gasteiger partial charge in [0.25, 0.3) is 0 Å². The van der Waals surface area contributed by atoms with Crippen LogP contribution in [-0.4, -0.2) is 40.9 Å². The van der Waals surface area contributed by atoms with E-state index in [-0.39, 0.29) is 0 Å². The van der Waals surface area contributed by atoms with Crippen molar-refractivity contribution in [2.45, 2.75) is 31.1 Å². The van der Waals surface area contributed by atoms with Crippen molar-refractivity contribution in [3.05, 3.63) is 24.3 Å². The Balaban J connectivity index is 2.00. The second kappa shape index (κ2) is 7.27. The molecule has 2 rings (SSSR count). The number of hydrogen-bond donors (Lipinski definition) is 1. The summed E-state index contributed by atoms with van der Waals surface area (Å²) in [6.07, 6.45) is 4.69. The Morgan fingerprint density at radius 2 is 1.90 bits per heavy atom. The summed E-state index contributed by atoms with van der Waals surface area (Å²) in [7, 11) is -3.17. The number of para-hydroxylation sites is 1. The van der Waals surface area contributed by atoms with Gasteiger partial charge in [0.1, 0.15) is 0 Å². The lowest BCUT2D eigenvalue weighted by Gasteiger charge is -2.34. The van der Waals surface area contributed by atoms with Crippen LogP contribution in [0.15, 0.2) is 29.2 Å². The van der Waals surface area contributed by atoms with Crippen LogP contribution in [0, 0.1) is 5.92 Å². The Hall–Kier alpha value is -1.07. The molecule has 118 valence electrons. The zero-order valence-corrected chi connectivity index (χ0v) is 13.8. The van der Waals surface area contributed by atoms with E-state index in [0.717, 1.165) is 44.7 Å². The predicted octanol–water partition coefficient (Wildman–Crippen LogP) is 2.31. The highest BCUT2D eigenvalue weighted by Crippen LogP contribution is 2.28. The highest BCUT2D eigenvalue weighted by atomic mass is 32.2. The lowest BCUT2D eigenvalue weighted by atomic mass is 9.96. The van der Waals surface area contributed by atoms with Crippen molar-refractivity contribution in [2.75, 3.05) is 37.3 Å². The first-order valence-corrected chi connectivity index (χ1v) is 9.66. The molecule has 1 saturated heterocycles. The molecule has 0 amide bonds. The molecule has 1 N–H and O–H groups in total. The van der Waals surface area contributed by atoms with Crippen LogP contribution in [0.1, 0.15) is 26.2 Å². The first kappa shape index (κ1) is 16.3. The Morgan fingerprint density at radius 3 is 2.52 bits per heavy atom. The number of benzene rings is 1. The van der Waals surface area contributed by atoms with Crippen LogP contribution in [0.3, 0.4) is 0 Å². The zero-order chi connectivity index (χ0) is 15.3. The van der Waals surface area contributed by atoms with E-state index in [1.54, 1.807) is 12.1 Å². The number of nitrogens with zero attached hydrogens (tertiary/aromatic N) is 1. The smallest absolute Gasteiger partial charge is 0.177 e. The molecule has 0 aliphatic carbocycles. The van der Waals surface area contributed by atoms with Gasteiger partial charge in [-0.2, -0.15) is 0 Å². The molecule has 0 unspecified atom stereocenters. The van der Waals surface area contributed by atoms with Gasteiger partial charge in [-0.25, -0.2) is 8.42 Å². The van der Waals surface area contributed by atoms with E-state index in [4.69, 9.17) is 0 Å². The molecule has 1 aromatic carbocycles. The van der Waals surface area contributed by atoms with Crippen LogP contribution in [0.2, 0.25) is 0 Å². The van der Waals surface area contributed by atoms with Crippen LogP contribution in [0.5, 0.6) is 0 Å². The Morgan fingerprint density at radius 1 is 1.24 bits per heavy atom. The van der Waals surface area contributed by atoms with Gasteiger partial charge in [-0.1, -0.05) is 19.1 Å². The molecule has 1 heterocycles. The lowest BCUT2D eigenvalue weighted by Crippen LogP contribution is -2.38. The molecule has 0 bridgehead atoms. The standard InChI is InChI=1S/C16H26N2O2S/c1-3-10-17-13-14-8-11-18(12-9-14)15-6-4-5-7-16(15)21(2,19)20/h4-7,14,17H,3,8-13H2,1-2H3. The summed E-state index contributed by atoms with van der Waals surface area (Å²) >= 11 is 0. The molecule has 0 spiro atoms. The fourth-order valence-corrected chi connectivity index (χ4v) is 3.80. The molecule has 21 heavy (non-hydrogen) atoms. The summed E-state index contributed by atoms with van der Waals surface area (Å²) in [6, 6.07) is 7.34. The molecule has 4 nitrogen and oxygen atoms in total. The van der Waals surface area contributed by atoms with Gasteiger partial charge in [0.15, 0.2) is 9.84 Å². The number of nitrogens with one attached hydrogen (secondary N) is 1. The minimum Gasteiger partial charge on any atom is -0.370 e. The van der Waals surface area contributed by atoms with Crippen LogP contribution in [0.4, 0.5) is 5.69 Å². The average molecular weight is 310 g/mol. The van der Waals surface area contributed by atoms with E-state index in [0.29, 0.717) is 10.8 Å². The van der Waals surface area contributed by atoms with Gasteiger partial charge < -0.3 is 10.2 Å².